The van der Waals surface area contributed by atoms with Gasteiger partial charge in [0.15, 0.2) is 0 Å². The molecule has 0 saturated carbocycles. The molecule has 3 aliphatic rings. The average Bonchev–Trinajstić information content (AvgIpc) is 3.04. The second kappa shape index (κ2) is 4.06. The fourth-order valence-electron chi connectivity index (χ4n) is 3.39. The maximum Gasteiger partial charge on any atom is 0.0465 e. The van der Waals surface area contributed by atoms with Crippen molar-refractivity contribution in [1.29, 1.82) is 0 Å². The summed E-state index contributed by atoms with van der Waals surface area (Å²) >= 11 is 3.99. The molecule has 0 amide bonds. The molecule has 20 heavy (non-hydrogen) atoms. The van der Waals surface area contributed by atoms with Crippen LogP contribution in [0, 0.1) is 0 Å². The normalized spacial score (nSPS) is 25.2. The van der Waals surface area contributed by atoms with Crippen molar-refractivity contribution in [2.45, 2.75) is 21.0 Å². The number of benzene rings is 2. The van der Waals surface area contributed by atoms with Crippen molar-refractivity contribution in [1.82, 2.24) is 0 Å². The summed E-state index contributed by atoms with van der Waals surface area (Å²) in [6.07, 6.45) is 4.68. The number of allylic oxidation sites excluding steroid dienone is 3. The molecule has 5 rings (SSSR count). The third kappa shape index (κ3) is 1.41. The van der Waals surface area contributed by atoms with Crippen LogP contribution >= 0.6 is 23.5 Å². The lowest BCUT2D eigenvalue weighted by Crippen LogP contribution is -2.15. The molecule has 0 spiro atoms. The van der Waals surface area contributed by atoms with E-state index in [-0.39, 0.29) is 0 Å². The predicted molar refractivity (Wildman–Crippen MR) is 87.2 cm³/mol. The Kier molecular flexibility index (Phi) is 2.29. The second-order valence-corrected chi connectivity index (χ2v) is 7.64. The number of hydrogen-bond acceptors (Lipinski definition) is 2. The van der Waals surface area contributed by atoms with Gasteiger partial charge in [0.1, 0.15) is 0 Å². The molecule has 1 aliphatic carbocycles. The molecule has 0 saturated heterocycles. The van der Waals surface area contributed by atoms with E-state index in [1.807, 2.05) is 23.5 Å². The number of thioether (sulfide) groups is 2. The molecule has 0 radical (unpaired) electrons. The van der Waals surface area contributed by atoms with Crippen LogP contribution in [0.2, 0.25) is 0 Å². The molecule has 2 heteroatoms. The SMILES string of the molecule is C1=C2c3ccccc3SC2C2C(=C1)Sc1ccccc12. The third-order valence-electron chi connectivity index (χ3n) is 4.28. The van der Waals surface area contributed by atoms with Gasteiger partial charge in [-0.3, -0.25) is 0 Å². The van der Waals surface area contributed by atoms with Crippen LogP contribution in [0.15, 0.2) is 75.4 Å². The Bertz CT molecular complexity index is 786. The molecule has 0 bridgehead atoms. The van der Waals surface area contributed by atoms with E-state index in [1.165, 1.54) is 31.4 Å². The van der Waals surface area contributed by atoms with E-state index in [2.05, 4.69) is 60.7 Å². The number of fused-ring (bicyclic) bond motifs is 7. The van der Waals surface area contributed by atoms with Crippen LogP contribution in [0.5, 0.6) is 0 Å². The van der Waals surface area contributed by atoms with E-state index in [0.717, 1.165) is 0 Å². The third-order valence-corrected chi connectivity index (χ3v) is 6.88. The molecular weight excluding hydrogens is 280 g/mol. The van der Waals surface area contributed by atoms with Crippen molar-refractivity contribution in [2.24, 2.45) is 0 Å². The topological polar surface area (TPSA) is 0 Å². The molecule has 0 nitrogen and oxygen atoms in total. The molecule has 0 aromatic heterocycles. The van der Waals surface area contributed by atoms with Gasteiger partial charge in [-0.25, -0.2) is 0 Å². The summed E-state index contributed by atoms with van der Waals surface area (Å²) in [7, 11) is 0. The molecule has 0 fully saturated rings. The van der Waals surface area contributed by atoms with Gasteiger partial charge < -0.3 is 0 Å². The van der Waals surface area contributed by atoms with E-state index >= 15 is 0 Å². The summed E-state index contributed by atoms with van der Waals surface area (Å²) in [5, 5.41) is 0.559. The van der Waals surface area contributed by atoms with E-state index < -0.39 is 0 Å². The first-order valence-corrected chi connectivity index (χ1v) is 8.56. The van der Waals surface area contributed by atoms with E-state index in [1.54, 1.807) is 0 Å². The maximum atomic E-state index is 2.34. The van der Waals surface area contributed by atoms with Crippen LogP contribution in [0.25, 0.3) is 5.57 Å². The monoisotopic (exact) mass is 292 g/mol. The average molecular weight is 292 g/mol. The Balaban J connectivity index is 1.69. The largest absolute Gasteiger partial charge is 0.116 e. The van der Waals surface area contributed by atoms with Crippen LogP contribution in [-0.2, 0) is 0 Å². The highest BCUT2D eigenvalue weighted by atomic mass is 32.2. The lowest BCUT2D eigenvalue weighted by Gasteiger charge is -2.24. The Morgan fingerprint density at radius 3 is 2.55 bits per heavy atom. The molecular formula is C18H12S2. The van der Waals surface area contributed by atoms with E-state index in [0.29, 0.717) is 11.2 Å². The molecule has 2 unspecified atom stereocenters. The van der Waals surface area contributed by atoms with Gasteiger partial charge in [0.2, 0.25) is 0 Å². The van der Waals surface area contributed by atoms with Crippen LogP contribution in [0.4, 0.5) is 0 Å². The Labute approximate surface area is 127 Å². The first-order valence-electron chi connectivity index (χ1n) is 6.86. The number of hydrogen-bond donors (Lipinski definition) is 0. The summed E-state index contributed by atoms with van der Waals surface area (Å²) < 4.78 is 0. The van der Waals surface area contributed by atoms with Crippen molar-refractivity contribution in [3.63, 3.8) is 0 Å². The minimum Gasteiger partial charge on any atom is -0.116 e. The van der Waals surface area contributed by atoms with Gasteiger partial charge in [-0.2, -0.15) is 0 Å². The maximum absolute atomic E-state index is 2.34. The quantitative estimate of drug-likeness (QED) is 0.643. The minimum absolute atomic E-state index is 0.550. The second-order valence-electron chi connectivity index (χ2n) is 5.34. The molecule has 96 valence electrons. The Morgan fingerprint density at radius 2 is 1.60 bits per heavy atom. The predicted octanol–water partition coefficient (Wildman–Crippen LogP) is 5.33. The molecule has 2 aliphatic heterocycles. The van der Waals surface area contributed by atoms with Crippen LogP contribution < -0.4 is 0 Å². The fourth-order valence-corrected chi connectivity index (χ4v) is 6.22. The van der Waals surface area contributed by atoms with Gasteiger partial charge in [-0.15, -0.1) is 11.8 Å². The van der Waals surface area contributed by atoms with Gasteiger partial charge in [-0.05, 0) is 33.7 Å². The summed E-state index contributed by atoms with van der Waals surface area (Å²) in [4.78, 5) is 4.39. The van der Waals surface area contributed by atoms with Crippen molar-refractivity contribution in [2.75, 3.05) is 0 Å². The first kappa shape index (κ1) is 11.3. The number of rotatable bonds is 0. The summed E-state index contributed by atoms with van der Waals surface area (Å²) in [5.41, 5.74) is 4.46. The van der Waals surface area contributed by atoms with Crippen LogP contribution in [-0.4, -0.2) is 5.25 Å². The highest BCUT2D eigenvalue weighted by Crippen LogP contribution is 2.60. The molecule has 2 heterocycles. The standard InChI is InChI=1S/C18H12S2/c1-3-7-14-11(5-1)12-9-10-16-17(18(12)20-14)13-6-2-4-8-15(13)19-16/h1-10,17-18H. The zero-order chi connectivity index (χ0) is 13.1. The van der Waals surface area contributed by atoms with Crippen molar-refractivity contribution in [3.8, 4) is 0 Å². The van der Waals surface area contributed by atoms with Gasteiger partial charge in [0.05, 0.1) is 0 Å². The Hall–Kier alpha value is -1.38. The van der Waals surface area contributed by atoms with Crippen LogP contribution in [0.3, 0.4) is 0 Å². The lowest BCUT2D eigenvalue weighted by molar-refractivity contribution is 0.873. The highest BCUT2D eigenvalue weighted by Gasteiger charge is 2.42. The van der Waals surface area contributed by atoms with E-state index in [9.17, 15) is 0 Å². The van der Waals surface area contributed by atoms with Crippen molar-refractivity contribution >= 4 is 29.1 Å². The highest BCUT2D eigenvalue weighted by molar-refractivity contribution is 8.04. The summed E-state index contributed by atoms with van der Waals surface area (Å²) in [6, 6.07) is 17.7. The zero-order valence-electron chi connectivity index (χ0n) is 10.7. The minimum atomic E-state index is 0.550. The van der Waals surface area contributed by atoms with Crippen molar-refractivity contribution in [3.05, 3.63) is 76.7 Å². The van der Waals surface area contributed by atoms with Gasteiger partial charge >= 0.3 is 0 Å². The molecule has 2 aromatic carbocycles. The first-order chi connectivity index (χ1) is 9.92. The molecule has 2 aromatic rings. The smallest absolute Gasteiger partial charge is 0.0465 e. The fraction of sp³-hybridized carbons (Fsp3) is 0.111. The summed E-state index contributed by atoms with van der Waals surface area (Å²) in [5.74, 6) is 0.550. The summed E-state index contributed by atoms with van der Waals surface area (Å²) in [6.45, 7) is 0. The van der Waals surface area contributed by atoms with Crippen molar-refractivity contribution < 1.29 is 0 Å². The van der Waals surface area contributed by atoms with E-state index in [4.69, 9.17) is 0 Å². The van der Waals surface area contributed by atoms with Gasteiger partial charge in [0.25, 0.3) is 0 Å². The molecule has 0 N–H and O–H groups in total. The lowest BCUT2D eigenvalue weighted by atomic mass is 9.85. The Morgan fingerprint density at radius 1 is 0.800 bits per heavy atom. The zero-order valence-corrected chi connectivity index (χ0v) is 12.4. The molecule has 2 atom stereocenters. The van der Waals surface area contributed by atoms with Crippen LogP contribution in [0.1, 0.15) is 17.0 Å². The van der Waals surface area contributed by atoms with Gasteiger partial charge in [-0.1, -0.05) is 60.3 Å². The van der Waals surface area contributed by atoms with Gasteiger partial charge in [0, 0.05) is 21.0 Å².